The van der Waals surface area contributed by atoms with Gasteiger partial charge in [-0.2, -0.15) is 0 Å². The van der Waals surface area contributed by atoms with Crippen molar-refractivity contribution in [2.45, 2.75) is 38.7 Å². The van der Waals surface area contributed by atoms with Gasteiger partial charge >= 0.3 is 0 Å². The van der Waals surface area contributed by atoms with Gasteiger partial charge in [-0.1, -0.05) is 0 Å². The van der Waals surface area contributed by atoms with E-state index in [1.165, 1.54) is 18.5 Å². The van der Waals surface area contributed by atoms with Gasteiger partial charge in [-0.05, 0) is 57.5 Å². The number of aromatic nitrogens is 2. The lowest BCUT2D eigenvalue weighted by Crippen LogP contribution is -2.29. The highest BCUT2D eigenvalue weighted by atomic mass is 16.5. The number of hydrogen-bond donors (Lipinski definition) is 1. The lowest BCUT2D eigenvalue weighted by atomic mass is 9.96. The van der Waals surface area contributed by atoms with E-state index in [-0.39, 0.29) is 6.10 Å². The van der Waals surface area contributed by atoms with Crippen molar-refractivity contribution in [3.63, 3.8) is 0 Å². The Balaban J connectivity index is 1.82. The smallest absolute Gasteiger partial charge is 0.119 e. The third-order valence-corrected chi connectivity index (χ3v) is 3.87. The summed E-state index contributed by atoms with van der Waals surface area (Å²) in [7, 11) is 0. The molecule has 1 N–H and O–H groups in total. The van der Waals surface area contributed by atoms with E-state index < -0.39 is 0 Å². The van der Waals surface area contributed by atoms with Crippen molar-refractivity contribution >= 4 is 0 Å². The number of hydrogen-bond acceptors (Lipinski definition) is 3. The summed E-state index contributed by atoms with van der Waals surface area (Å²) in [5.74, 6) is 1.46. The predicted molar refractivity (Wildman–Crippen MR) is 84.2 cm³/mol. The van der Waals surface area contributed by atoms with Gasteiger partial charge in [0.1, 0.15) is 5.75 Å². The quantitative estimate of drug-likeness (QED) is 0.938. The lowest BCUT2D eigenvalue weighted by molar-refractivity contribution is 0.242. The van der Waals surface area contributed by atoms with Crippen LogP contribution in [0.3, 0.4) is 0 Å². The summed E-state index contributed by atoms with van der Waals surface area (Å²) in [5, 5.41) is 3.47. The Morgan fingerprint density at radius 3 is 2.76 bits per heavy atom. The molecular formula is C17H23N3O. The monoisotopic (exact) mass is 285 g/mol. The predicted octanol–water partition coefficient (Wildman–Crippen LogP) is 3.13. The molecule has 2 aromatic rings. The van der Waals surface area contributed by atoms with Crippen LogP contribution < -0.4 is 10.1 Å². The topological polar surface area (TPSA) is 39.1 Å². The number of nitrogens with zero attached hydrogens (tertiary/aromatic N) is 2. The summed E-state index contributed by atoms with van der Waals surface area (Å²) < 4.78 is 7.89. The Kier molecular flexibility index (Phi) is 4.25. The molecule has 112 valence electrons. The summed E-state index contributed by atoms with van der Waals surface area (Å²) in [6, 6.07) is 8.24. The van der Waals surface area contributed by atoms with Gasteiger partial charge < -0.3 is 14.6 Å². The van der Waals surface area contributed by atoms with Gasteiger partial charge in [0, 0.05) is 30.0 Å². The zero-order chi connectivity index (χ0) is 14.7. The molecule has 1 aromatic heterocycles. The molecule has 0 aliphatic carbocycles. The zero-order valence-corrected chi connectivity index (χ0v) is 12.7. The minimum Gasteiger partial charge on any atom is -0.491 e. The lowest BCUT2D eigenvalue weighted by Gasteiger charge is -2.23. The molecule has 1 fully saturated rings. The van der Waals surface area contributed by atoms with Gasteiger partial charge in [0.05, 0.1) is 12.4 Å². The van der Waals surface area contributed by atoms with Gasteiger partial charge in [-0.25, -0.2) is 4.98 Å². The Bertz CT molecular complexity index is 568. The number of ether oxygens (including phenoxy) is 1. The van der Waals surface area contributed by atoms with Crippen LogP contribution in [0.25, 0.3) is 5.69 Å². The number of benzene rings is 1. The van der Waals surface area contributed by atoms with E-state index in [4.69, 9.17) is 4.74 Å². The van der Waals surface area contributed by atoms with Gasteiger partial charge in [0.15, 0.2) is 0 Å². The number of rotatable bonds is 4. The molecule has 2 heterocycles. The summed E-state index contributed by atoms with van der Waals surface area (Å²) in [5.41, 5.74) is 2.43. The molecule has 0 radical (unpaired) electrons. The third kappa shape index (κ3) is 3.27. The first kappa shape index (κ1) is 14.1. The van der Waals surface area contributed by atoms with Crippen LogP contribution in [0.1, 0.15) is 38.3 Å². The molecule has 4 nitrogen and oxygen atoms in total. The fourth-order valence-electron chi connectivity index (χ4n) is 2.88. The van der Waals surface area contributed by atoms with Crippen molar-refractivity contribution in [1.82, 2.24) is 14.9 Å². The van der Waals surface area contributed by atoms with E-state index in [9.17, 15) is 0 Å². The number of imidazole rings is 1. The van der Waals surface area contributed by atoms with Gasteiger partial charge in [0.2, 0.25) is 0 Å². The summed E-state index contributed by atoms with van der Waals surface area (Å²) in [6.45, 7) is 6.25. The molecule has 3 rings (SSSR count). The fourth-order valence-corrected chi connectivity index (χ4v) is 2.88. The largest absolute Gasteiger partial charge is 0.491 e. The normalized spacial score (nSPS) is 18.9. The van der Waals surface area contributed by atoms with E-state index in [1.54, 1.807) is 0 Å². The average Bonchev–Trinajstić information content (AvgIpc) is 2.98. The highest BCUT2D eigenvalue weighted by molar-refractivity contribution is 5.39. The highest BCUT2D eigenvalue weighted by Crippen LogP contribution is 2.26. The molecule has 0 spiro atoms. The van der Waals surface area contributed by atoms with Crippen molar-refractivity contribution in [3.8, 4) is 11.4 Å². The molecule has 0 bridgehead atoms. The highest BCUT2D eigenvalue weighted by Gasteiger charge is 2.19. The summed E-state index contributed by atoms with van der Waals surface area (Å²) >= 11 is 0. The van der Waals surface area contributed by atoms with Crippen LogP contribution in [0.15, 0.2) is 36.8 Å². The van der Waals surface area contributed by atoms with Crippen LogP contribution in [0, 0.1) is 0 Å². The minimum absolute atomic E-state index is 0.202. The minimum atomic E-state index is 0.202. The van der Waals surface area contributed by atoms with Crippen molar-refractivity contribution in [2.75, 3.05) is 13.1 Å². The maximum Gasteiger partial charge on any atom is 0.119 e. The van der Waals surface area contributed by atoms with E-state index in [1.807, 2.05) is 38.5 Å². The molecular weight excluding hydrogens is 262 g/mol. The van der Waals surface area contributed by atoms with Crippen LogP contribution in [-0.4, -0.2) is 28.7 Å². The number of piperidine rings is 1. The van der Waals surface area contributed by atoms with Crippen molar-refractivity contribution in [3.05, 3.63) is 42.5 Å². The summed E-state index contributed by atoms with van der Waals surface area (Å²) in [6.07, 6.45) is 6.57. The molecule has 21 heavy (non-hydrogen) atoms. The SMILES string of the molecule is CC(C)Oc1ccc(-n2cncc2C2CCCNC2)cc1. The van der Waals surface area contributed by atoms with E-state index in [2.05, 4.69) is 27.0 Å². The molecule has 1 saturated heterocycles. The van der Waals surface area contributed by atoms with Crippen LogP contribution >= 0.6 is 0 Å². The van der Waals surface area contributed by atoms with E-state index >= 15 is 0 Å². The summed E-state index contributed by atoms with van der Waals surface area (Å²) in [4.78, 5) is 4.35. The Morgan fingerprint density at radius 1 is 1.29 bits per heavy atom. The number of nitrogens with one attached hydrogen (secondary N) is 1. The van der Waals surface area contributed by atoms with E-state index in [0.717, 1.165) is 24.5 Å². The second-order valence-corrected chi connectivity index (χ2v) is 5.89. The maximum absolute atomic E-state index is 5.70. The van der Waals surface area contributed by atoms with Gasteiger partial charge in [-0.15, -0.1) is 0 Å². The second kappa shape index (κ2) is 6.31. The molecule has 1 aliphatic rings. The first-order valence-electron chi connectivity index (χ1n) is 7.74. The standard InChI is InChI=1S/C17H23N3O/c1-13(2)21-16-7-5-15(6-8-16)20-12-19-11-17(20)14-4-3-9-18-10-14/h5-8,11-14,18H,3-4,9-10H2,1-2H3. The molecule has 0 saturated carbocycles. The zero-order valence-electron chi connectivity index (χ0n) is 12.7. The van der Waals surface area contributed by atoms with Crippen LogP contribution in [0.5, 0.6) is 5.75 Å². The third-order valence-electron chi connectivity index (χ3n) is 3.87. The maximum atomic E-state index is 5.70. The van der Waals surface area contributed by atoms with Crippen LogP contribution in [0.4, 0.5) is 0 Å². The van der Waals surface area contributed by atoms with E-state index in [0.29, 0.717) is 5.92 Å². The average molecular weight is 285 g/mol. The van der Waals surface area contributed by atoms with Gasteiger partial charge in [-0.3, -0.25) is 0 Å². The van der Waals surface area contributed by atoms with Crippen molar-refractivity contribution in [2.24, 2.45) is 0 Å². The molecule has 1 unspecified atom stereocenters. The molecule has 1 aliphatic heterocycles. The first-order valence-corrected chi connectivity index (χ1v) is 7.74. The molecule has 1 atom stereocenters. The molecule has 0 amide bonds. The molecule has 1 aromatic carbocycles. The first-order chi connectivity index (χ1) is 10.2. The fraction of sp³-hybridized carbons (Fsp3) is 0.471. The molecule has 4 heteroatoms. The van der Waals surface area contributed by atoms with Crippen LogP contribution in [0.2, 0.25) is 0 Å². The second-order valence-electron chi connectivity index (χ2n) is 5.89. The van der Waals surface area contributed by atoms with Gasteiger partial charge in [0.25, 0.3) is 0 Å². The van der Waals surface area contributed by atoms with Crippen molar-refractivity contribution in [1.29, 1.82) is 0 Å². The Labute approximate surface area is 126 Å². The van der Waals surface area contributed by atoms with Crippen LogP contribution in [-0.2, 0) is 0 Å². The van der Waals surface area contributed by atoms with Crippen molar-refractivity contribution < 1.29 is 4.74 Å². The Hall–Kier alpha value is -1.81. The Morgan fingerprint density at radius 2 is 2.10 bits per heavy atom.